The van der Waals surface area contributed by atoms with Crippen molar-refractivity contribution in [2.45, 2.75) is 26.7 Å². The highest BCUT2D eigenvalue weighted by Gasteiger charge is 2.13. The quantitative estimate of drug-likeness (QED) is 0.844. The van der Waals surface area contributed by atoms with E-state index in [-0.39, 0.29) is 5.78 Å². The van der Waals surface area contributed by atoms with Gasteiger partial charge in [-0.1, -0.05) is 44.2 Å². The summed E-state index contributed by atoms with van der Waals surface area (Å²) in [4.78, 5) is 12.4. The van der Waals surface area contributed by atoms with Crippen molar-refractivity contribution in [1.82, 2.24) is 0 Å². The molecule has 0 aliphatic heterocycles. The SMILES string of the molecule is CCc1cc(C(=O)c2ccccc2)cc(CC)c1O. The van der Waals surface area contributed by atoms with E-state index in [0.29, 0.717) is 16.9 Å². The fourth-order valence-corrected chi connectivity index (χ4v) is 2.19. The number of hydrogen-bond acceptors (Lipinski definition) is 2. The van der Waals surface area contributed by atoms with Gasteiger partial charge in [0.25, 0.3) is 0 Å². The summed E-state index contributed by atoms with van der Waals surface area (Å²) < 4.78 is 0. The number of ketones is 1. The zero-order chi connectivity index (χ0) is 13.8. The van der Waals surface area contributed by atoms with Crippen molar-refractivity contribution >= 4 is 5.78 Å². The third kappa shape index (κ3) is 2.68. The van der Waals surface area contributed by atoms with Crippen molar-refractivity contribution in [3.05, 3.63) is 64.7 Å². The molecule has 2 rings (SSSR count). The zero-order valence-electron chi connectivity index (χ0n) is 11.3. The van der Waals surface area contributed by atoms with Gasteiger partial charge in [0.15, 0.2) is 5.78 Å². The molecule has 2 nitrogen and oxygen atoms in total. The average Bonchev–Trinajstić information content (AvgIpc) is 2.47. The highest BCUT2D eigenvalue weighted by atomic mass is 16.3. The second kappa shape index (κ2) is 5.70. The van der Waals surface area contributed by atoms with Crippen molar-refractivity contribution in [3.63, 3.8) is 0 Å². The van der Waals surface area contributed by atoms with Crippen molar-refractivity contribution in [3.8, 4) is 5.75 Å². The summed E-state index contributed by atoms with van der Waals surface area (Å²) in [5.74, 6) is 0.333. The molecule has 0 aliphatic carbocycles. The number of phenols is 1. The Balaban J connectivity index is 2.48. The summed E-state index contributed by atoms with van der Waals surface area (Å²) in [6.07, 6.45) is 1.43. The van der Waals surface area contributed by atoms with Crippen LogP contribution in [0.25, 0.3) is 0 Å². The molecule has 2 heteroatoms. The molecule has 0 aromatic heterocycles. The topological polar surface area (TPSA) is 37.3 Å². The van der Waals surface area contributed by atoms with Gasteiger partial charge in [-0.3, -0.25) is 4.79 Å². The first-order chi connectivity index (χ1) is 9.17. The molecule has 0 atom stereocenters. The number of hydrogen-bond donors (Lipinski definition) is 1. The molecule has 0 heterocycles. The largest absolute Gasteiger partial charge is 0.507 e. The number of carbonyl (C=O) groups is 1. The van der Waals surface area contributed by atoms with Crippen LogP contribution in [-0.4, -0.2) is 10.9 Å². The van der Waals surface area contributed by atoms with Gasteiger partial charge in [-0.05, 0) is 36.1 Å². The minimum Gasteiger partial charge on any atom is -0.507 e. The van der Waals surface area contributed by atoms with Crippen LogP contribution in [0, 0.1) is 0 Å². The van der Waals surface area contributed by atoms with E-state index in [1.165, 1.54) is 0 Å². The highest BCUT2D eigenvalue weighted by molar-refractivity contribution is 6.09. The van der Waals surface area contributed by atoms with E-state index in [9.17, 15) is 9.90 Å². The maximum Gasteiger partial charge on any atom is 0.193 e. The number of aryl methyl sites for hydroxylation is 2. The lowest BCUT2D eigenvalue weighted by Crippen LogP contribution is -2.03. The maximum absolute atomic E-state index is 12.4. The number of benzene rings is 2. The molecule has 0 amide bonds. The third-order valence-corrected chi connectivity index (χ3v) is 3.33. The molecule has 2 aromatic rings. The number of phenolic OH excluding ortho intramolecular Hbond substituents is 1. The van der Waals surface area contributed by atoms with Crippen LogP contribution in [0.1, 0.15) is 40.9 Å². The molecule has 0 aliphatic rings. The molecule has 0 fully saturated rings. The van der Waals surface area contributed by atoms with Crippen LogP contribution in [0.2, 0.25) is 0 Å². The van der Waals surface area contributed by atoms with Gasteiger partial charge in [0.1, 0.15) is 5.75 Å². The first-order valence-corrected chi connectivity index (χ1v) is 6.61. The van der Waals surface area contributed by atoms with E-state index in [1.807, 2.05) is 44.2 Å². The molecule has 2 aromatic carbocycles. The predicted molar refractivity (Wildman–Crippen MR) is 76.7 cm³/mol. The normalized spacial score (nSPS) is 10.4. The number of rotatable bonds is 4. The van der Waals surface area contributed by atoms with E-state index < -0.39 is 0 Å². The smallest absolute Gasteiger partial charge is 0.193 e. The Morgan fingerprint density at radius 3 is 1.95 bits per heavy atom. The molecule has 1 N–H and O–H groups in total. The lowest BCUT2D eigenvalue weighted by Gasteiger charge is -2.10. The van der Waals surface area contributed by atoms with Crippen LogP contribution in [0.4, 0.5) is 0 Å². The lowest BCUT2D eigenvalue weighted by molar-refractivity contribution is 0.103. The fraction of sp³-hybridized carbons (Fsp3) is 0.235. The van der Waals surface area contributed by atoms with Gasteiger partial charge in [-0.2, -0.15) is 0 Å². The summed E-state index contributed by atoms with van der Waals surface area (Å²) >= 11 is 0. The molecular formula is C17H18O2. The van der Waals surface area contributed by atoms with E-state index in [2.05, 4.69) is 0 Å². The zero-order valence-corrected chi connectivity index (χ0v) is 11.3. The Hall–Kier alpha value is -2.09. The second-order valence-electron chi connectivity index (χ2n) is 4.55. The Kier molecular flexibility index (Phi) is 4.00. The summed E-state index contributed by atoms with van der Waals surface area (Å²) in [7, 11) is 0. The van der Waals surface area contributed by atoms with Gasteiger partial charge in [0, 0.05) is 11.1 Å². The first-order valence-electron chi connectivity index (χ1n) is 6.61. The second-order valence-corrected chi connectivity index (χ2v) is 4.55. The van der Waals surface area contributed by atoms with Crippen molar-refractivity contribution in [1.29, 1.82) is 0 Å². The molecule has 0 spiro atoms. The molecule has 98 valence electrons. The van der Waals surface area contributed by atoms with Gasteiger partial charge in [0.05, 0.1) is 0 Å². The minimum absolute atomic E-state index is 0.00463. The third-order valence-electron chi connectivity index (χ3n) is 3.33. The van der Waals surface area contributed by atoms with Gasteiger partial charge >= 0.3 is 0 Å². The van der Waals surface area contributed by atoms with Crippen LogP contribution in [-0.2, 0) is 12.8 Å². The first kappa shape index (κ1) is 13.3. The monoisotopic (exact) mass is 254 g/mol. The van der Waals surface area contributed by atoms with Gasteiger partial charge < -0.3 is 5.11 Å². The van der Waals surface area contributed by atoms with Crippen LogP contribution in [0.5, 0.6) is 5.75 Å². The summed E-state index contributed by atoms with van der Waals surface area (Å²) in [6.45, 7) is 3.95. The average molecular weight is 254 g/mol. The Morgan fingerprint density at radius 1 is 0.947 bits per heavy atom. The van der Waals surface area contributed by atoms with Crippen molar-refractivity contribution in [2.24, 2.45) is 0 Å². The maximum atomic E-state index is 12.4. The Bertz CT molecular complexity index is 560. The standard InChI is InChI=1S/C17H18O2/c1-3-12-10-15(11-13(4-2)16(12)18)17(19)14-8-6-5-7-9-14/h5-11,18H,3-4H2,1-2H3. The molecule has 0 saturated carbocycles. The van der Waals surface area contributed by atoms with E-state index in [1.54, 1.807) is 12.1 Å². The van der Waals surface area contributed by atoms with Crippen LogP contribution >= 0.6 is 0 Å². The van der Waals surface area contributed by atoms with E-state index in [4.69, 9.17) is 0 Å². The minimum atomic E-state index is 0.00463. The predicted octanol–water partition coefficient (Wildman–Crippen LogP) is 3.75. The van der Waals surface area contributed by atoms with E-state index in [0.717, 1.165) is 24.0 Å². The Labute approximate surface area is 113 Å². The Morgan fingerprint density at radius 2 is 1.47 bits per heavy atom. The van der Waals surface area contributed by atoms with Crippen LogP contribution in [0.3, 0.4) is 0 Å². The number of aromatic hydroxyl groups is 1. The highest BCUT2D eigenvalue weighted by Crippen LogP contribution is 2.26. The van der Waals surface area contributed by atoms with E-state index >= 15 is 0 Å². The van der Waals surface area contributed by atoms with Gasteiger partial charge in [-0.25, -0.2) is 0 Å². The summed E-state index contributed by atoms with van der Waals surface area (Å²) in [6, 6.07) is 12.8. The van der Waals surface area contributed by atoms with Crippen LogP contribution < -0.4 is 0 Å². The lowest BCUT2D eigenvalue weighted by atomic mass is 9.96. The molecule has 0 unspecified atom stereocenters. The molecule has 0 saturated heterocycles. The molecular weight excluding hydrogens is 236 g/mol. The number of carbonyl (C=O) groups excluding carboxylic acids is 1. The van der Waals surface area contributed by atoms with Crippen molar-refractivity contribution < 1.29 is 9.90 Å². The summed E-state index contributed by atoms with van der Waals surface area (Å²) in [5, 5.41) is 10.1. The van der Waals surface area contributed by atoms with Gasteiger partial charge in [-0.15, -0.1) is 0 Å². The summed E-state index contributed by atoms with van der Waals surface area (Å²) in [5.41, 5.74) is 2.99. The fourth-order valence-electron chi connectivity index (χ4n) is 2.19. The van der Waals surface area contributed by atoms with Crippen LogP contribution in [0.15, 0.2) is 42.5 Å². The van der Waals surface area contributed by atoms with Gasteiger partial charge in [0.2, 0.25) is 0 Å². The van der Waals surface area contributed by atoms with Crippen molar-refractivity contribution in [2.75, 3.05) is 0 Å². The molecule has 0 bridgehead atoms. The molecule has 0 radical (unpaired) electrons. The molecule has 19 heavy (non-hydrogen) atoms.